The molecule has 0 aliphatic heterocycles. The molecule has 17 heavy (non-hydrogen) atoms. The fourth-order valence-corrected chi connectivity index (χ4v) is 1.49. The molecule has 1 rings (SSSR count). The Kier molecular flexibility index (Phi) is 5.87. The minimum absolute atomic E-state index is 0.481. The molecule has 1 aromatic rings. The zero-order valence-corrected chi connectivity index (χ0v) is 10.6. The van der Waals surface area contributed by atoms with Gasteiger partial charge in [-0.15, -0.1) is 0 Å². The molecule has 0 spiro atoms. The van der Waals surface area contributed by atoms with Crippen molar-refractivity contribution in [2.45, 2.75) is 20.3 Å². The summed E-state index contributed by atoms with van der Waals surface area (Å²) in [5, 5.41) is 0. The highest BCUT2D eigenvalue weighted by Gasteiger charge is 1.95. The lowest BCUT2D eigenvalue weighted by Gasteiger charge is -2.03. The standard InChI is InChI=1S/C16H21N/c1-14(2)16(13-17)12-8-4-7-11-15-9-5-3-6-10-15/h3,5-14H,4,17H2,1-2H3/b11-7+,12-8-,16-13+. The van der Waals surface area contributed by atoms with E-state index in [0.717, 1.165) is 6.42 Å². The van der Waals surface area contributed by atoms with Gasteiger partial charge < -0.3 is 5.73 Å². The molecule has 1 aromatic carbocycles. The Morgan fingerprint density at radius 1 is 1.18 bits per heavy atom. The predicted molar refractivity (Wildman–Crippen MR) is 76.3 cm³/mol. The molecule has 0 saturated carbocycles. The van der Waals surface area contributed by atoms with E-state index in [0.29, 0.717) is 5.92 Å². The van der Waals surface area contributed by atoms with Crippen molar-refractivity contribution in [1.29, 1.82) is 0 Å². The second-order valence-corrected chi connectivity index (χ2v) is 4.27. The Balaban J connectivity index is 2.43. The van der Waals surface area contributed by atoms with E-state index >= 15 is 0 Å². The maximum atomic E-state index is 5.55. The predicted octanol–water partition coefficient (Wildman–Crippen LogP) is 4.14. The number of allylic oxidation sites excluding steroid dienone is 4. The maximum absolute atomic E-state index is 5.55. The van der Waals surface area contributed by atoms with Crippen LogP contribution in [0.1, 0.15) is 25.8 Å². The zero-order chi connectivity index (χ0) is 12.5. The normalized spacial score (nSPS) is 13.0. The van der Waals surface area contributed by atoms with Crippen molar-refractivity contribution in [3.05, 3.63) is 65.9 Å². The van der Waals surface area contributed by atoms with Crippen molar-refractivity contribution >= 4 is 6.08 Å². The van der Waals surface area contributed by atoms with Crippen LogP contribution in [0.15, 0.2) is 60.3 Å². The van der Waals surface area contributed by atoms with E-state index in [1.54, 1.807) is 6.20 Å². The van der Waals surface area contributed by atoms with Crippen molar-refractivity contribution in [2.75, 3.05) is 0 Å². The summed E-state index contributed by atoms with van der Waals surface area (Å²) in [4.78, 5) is 0. The van der Waals surface area contributed by atoms with Gasteiger partial charge >= 0.3 is 0 Å². The van der Waals surface area contributed by atoms with Gasteiger partial charge in [-0.25, -0.2) is 0 Å². The lowest BCUT2D eigenvalue weighted by Crippen LogP contribution is -1.94. The van der Waals surface area contributed by atoms with Gasteiger partial charge in [-0.2, -0.15) is 0 Å². The minimum atomic E-state index is 0.481. The number of nitrogens with two attached hydrogens (primary N) is 1. The highest BCUT2D eigenvalue weighted by molar-refractivity contribution is 5.48. The highest BCUT2D eigenvalue weighted by atomic mass is 14.5. The molecule has 2 N–H and O–H groups in total. The van der Waals surface area contributed by atoms with Crippen molar-refractivity contribution in [2.24, 2.45) is 11.7 Å². The number of hydrogen-bond acceptors (Lipinski definition) is 1. The first-order valence-electron chi connectivity index (χ1n) is 6.04. The van der Waals surface area contributed by atoms with Gasteiger partial charge in [0.15, 0.2) is 0 Å². The zero-order valence-electron chi connectivity index (χ0n) is 10.6. The molecule has 0 unspecified atom stereocenters. The quantitative estimate of drug-likeness (QED) is 0.751. The van der Waals surface area contributed by atoms with Crippen molar-refractivity contribution in [3.63, 3.8) is 0 Å². The third kappa shape index (κ3) is 5.21. The molecule has 0 aromatic heterocycles. The molecule has 0 aliphatic carbocycles. The van der Waals surface area contributed by atoms with Gasteiger partial charge in [0.05, 0.1) is 0 Å². The lowest BCUT2D eigenvalue weighted by molar-refractivity contribution is 0.788. The number of rotatable bonds is 5. The summed E-state index contributed by atoms with van der Waals surface area (Å²) in [6, 6.07) is 10.3. The Hall–Kier alpha value is -1.76. The molecule has 0 bridgehead atoms. The van der Waals surface area contributed by atoms with Gasteiger partial charge in [0.2, 0.25) is 0 Å². The molecule has 1 nitrogen and oxygen atoms in total. The topological polar surface area (TPSA) is 26.0 Å². The fourth-order valence-electron chi connectivity index (χ4n) is 1.49. The number of hydrogen-bond donors (Lipinski definition) is 1. The van der Waals surface area contributed by atoms with E-state index in [1.807, 2.05) is 18.2 Å². The minimum Gasteiger partial charge on any atom is -0.404 e. The molecule has 0 amide bonds. The van der Waals surface area contributed by atoms with Crippen LogP contribution in [0, 0.1) is 5.92 Å². The average Bonchev–Trinajstić information content (AvgIpc) is 2.34. The van der Waals surface area contributed by atoms with E-state index in [1.165, 1.54) is 11.1 Å². The highest BCUT2D eigenvalue weighted by Crippen LogP contribution is 2.10. The molecule has 0 aliphatic rings. The van der Waals surface area contributed by atoms with Crippen molar-refractivity contribution < 1.29 is 0 Å². The van der Waals surface area contributed by atoms with Crippen LogP contribution in [0.2, 0.25) is 0 Å². The van der Waals surface area contributed by atoms with E-state index in [9.17, 15) is 0 Å². The Bertz CT molecular complexity index is 397. The SMILES string of the molecule is CC(C)C(/C=C\C/C=C/c1ccccc1)=C/N. The van der Waals surface area contributed by atoms with Crippen LogP contribution >= 0.6 is 0 Å². The van der Waals surface area contributed by atoms with Crippen LogP contribution in [0.3, 0.4) is 0 Å². The van der Waals surface area contributed by atoms with Crippen LogP contribution in [-0.4, -0.2) is 0 Å². The summed E-state index contributed by atoms with van der Waals surface area (Å²) in [6.45, 7) is 4.28. The van der Waals surface area contributed by atoms with E-state index < -0.39 is 0 Å². The average molecular weight is 227 g/mol. The Labute approximate surface area is 104 Å². The van der Waals surface area contributed by atoms with Crippen molar-refractivity contribution in [1.82, 2.24) is 0 Å². The molecule has 1 heteroatoms. The summed E-state index contributed by atoms with van der Waals surface area (Å²) < 4.78 is 0. The van der Waals surface area contributed by atoms with E-state index in [-0.39, 0.29) is 0 Å². The Morgan fingerprint density at radius 3 is 2.47 bits per heavy atom. The van der Waals surface area contributed by atoms with Gasteiger partial charge in [-0.3, -0.25) is 0 Å². The monoisotopic (exact) mass is 227 g/mol. The largest absolute Gasteiger partial charge is 0.404 e. The first-order valence-corrected chi connectivity index (χ1v) is 6.04. The molecule has 0 radical (unpaired) electrons. The van der Waals surface area contributed by atoms with Crippen LogP contribution in [0.5, 0.6) is 0 Å². The van der Waals surface area contributed by atoms with Crippen molar-refractivity contribution in [3.8, 4) is 0 Å². The van der Waals surface area contributed by atoms with Gasteiger partial charge in [0.25, 0.3) is 0 Å². The smallest absolute Gasteiger partial charge is 0.00272 e. The summed E-state index contributed by atoms with van der Waals surface area (Å²) in [6.07, 6.45) is 11.1. The van der Waals surface area contributed by atoms with Crippen LogP contribution in [-0.2, 0) is 0 Å². The fraction of sp³-hybridized carbons (Fsp3) is 0.250. The first kappa shape index (κ1) is 13.3. The van der Waals surface area contributed by atoms with E-state index in [2.05, 4.69) is 50.3 Å². The lowest BCUT2D eigenvalue weighted by atomic mass is 10.0. The van der Waals surface area contributed by atoms with Gasteiger partial charge in [0, 0.05) is 0 Å². The molecule has 0 atom stereocenters. The summed E-state index contributed by atoms with van der Waals surface area (Å²) in [5.41, 5.74) is 7.96. The van der Waals surface area contributed by atoms with Crippen LogP contribution in [0.25, 0.3) is 6.08 Å². The van der Waals surface area contributed by atoms with Crippen LogP contribution < -0.4 is 5.73 Å². The molecule has 0 saturated heterocycles. The first-order chi connectivity index (χ1) is 8.24. The molecular weight excluding hydrogens is 206 g/mol. The van der Waals surface area contributed by atoms with Gasteiger partial charge in [0.1, 0.15) is 0 Å². The summed E-state index contributed by atoms with van der Waals surface area (Å²) >= 11 is 0. The molecule has 0 heterocycles. The van der Waals surface area contributed by atoms with Gasteiger partial charge in [-0.1, -0.05) is 68.5 Å². The summed E-state index contributed by atoms with van der Waals surface area (Å²) in [7, 11) is 0. The van der Waals surface area contributed by atoms with Crippen LogP contribution in [0.4, 0.5) is 0 Å². The third-order valence-electron chi connectivity index (χ3n) is 2.55. The third-order valence-corrected chi connectivity index (χ3v) is 2.55. The molecule has 90 valence electrons. The van der Waals surface area contributed by atoms with E-state index in [4.69, 9.17) is 5.73 Å². The second kappa shape index (κ2) is 7.50. The van der Waals surface area contributed by atoms with Gasteiger partial charge in [-0.05, 0) is 29.7 Å². The summed E-state index contributed by atoms with van der Waals surface area (Å²) in [5.74, 6) is 0.481. The Morgan fingerprint density at radius 2 is 1.88 bits per heavy atom. The molecule has 0 fully saturated rings. The maximum Gasteiger partial charge on any atom is -0.00272 e. The number of benzene rings is 1. The molecular formula is C16H21N. The second-order valence-electron chi connectivity index (χ2n) is 4.27.